The van der Waals surface area contributed by atoms with Crippen molar-refractivity contribution in [2.24, 2.45) is 0 Å². The standard InChI is InChI=1S/C6H12N4.5C2H4.Na.H/c1-7-2-9-4-8(1)5-10(3-7)6-9;5*1-2;;/h1-6H2;5*1-2H2;;/q;;;;;;+1;-1. The summed E-state index contributed by atoms with van der Waals surface area (Å²) in [6.07, 6.45) is 0. The molecule has 5 heteroatoms. The Kier molecular flexibility index (Phi) is 29.8. The molecule has 0 aromatic heterocycles. The Labute approximate surface area is 156 Å². The van der Waals surface area contributed by atoms with Crippen LogP contribution in [0.3, 0.4) is 0 Å². The number of hydrogen-bond acceptors (Lipinski definition) is 4. The summed E-state index contributed by atoms with van der Waals surface area (Å²) in [7, 11) is 0. The van der Waals surface area contributed by atoms with E-state index in [2.05, 4.69) is 85.4 Å². The molecule has 0 N–H and O–H groups in total. The molecule has 0 aromatic rings. The molecule has 0 amide bonds. The van der Waals surface area contributed by atoms with Crippen LogP contribution in [0.25, 0.3) is 0 Å². The fourth-order valence-corrected chi connectivity index (χ4v) is 2.23. The first-order valence-corrected chi connectivity index (χ1v) is 6.29. The Bertz CT molecular complexity index is 164. The van der Waals surface area contributed by atoms with Gasteiger partial charge in [-0.2, -0.15) is 0 Å². The molecule has 4 rings (SSSR count). The summed E-state index contributed by atoms with van der Waals surface area (Å²) in [5.74, 6) is 0. The van der Waals surface area contributed by atoms with E-state index in [-0.39, 0.29) is 31.0 Å². The van der Waals surface area contributed by atoms with E-state index in [0.717, 1.165) is 0 Å². The molecule has 0 unspecified atom stereocenters. The molecule has 4 bridgehead atoms. The molecule has 0 spiro atoms. The molecule has 4 saturated heterocycles. The predicted molar refractivity (Wildman–Crippen MR) is 93.9 cm³/mol. The van der Waals surface area contributed by atoms with Gasteiger partial charge in [0, 0.05) is 0 Å². The summed E-state index contributed by atoms with van der Waals surface area (Å²) in [4.78, 5) is 9.88. The van der Waals surface area contributed by atoms with E-state index in [1.54, 1.807) is 0 Å². The fraction of sp³-hybridized carbons (Fsp3) is 0.375. The van der Waals surface area contributed by atoms with Gasteiger partial charge in [0.2, 0.25) is 0 Å². The summed E-state index contributed by atoms with van der Waals surface area (Å²) in [5, 5.41) is 0. The smallest absolute Gasteiger partial charge is 1.00 e. The van der Waals surface area contributed by atoms with Gasteiger partial charge in [-0.05, 0) is 0 Å². The number of hydrogen-bond donors (Lipinski definition) is 0. The normalized spacial score (nSPS) is 28.4. The van der Waals surface area contributed by atoms with Gasteiger partial charge in [0.05, 0.1) is 40.0 Å². The third-order valence-corrected chi connectivity index (χ3v) is 2.40. The third kappa shape index (κ3) is 10.8. The Morgan fingerprint density at radius 2 is 0.476 bits per heavy atom. The Morgan fingerprint density at radius 1 is 0.381 bits per heavy atom. The maximum absolute atomic E-state index is 3.00. The van der Waals surface area contributed by atoms with Crippen molar-refractivity contribution in [3.05, 3.63) is 65.8 Å². The van der Waals surface area contributed by atoms with Crippen LogP contribution in [0.1, 0.15) is 1.43 Å². The van der Waals surface area contributed by atoms with Crippen molar-refractivity contribution in [3.8, 4) is 0 Å². The fourth-order valence-electron chi connectivity index (χ4n) is 2.23. The average molecular weight is 304 g/mol. The largest absolute Gasteiger partial charge is 1.00 e. The summed E-state index contributed by atoms with van der Waals surface area (Å²) in [5.41, 5.74) is 0. The Hall–Kier alpha value is -0.460. The molecule has 0 radical (unpaired) electrons. The van der Waals surface area contributed by atoms with E-state index >= 15 is 0 Å². The van der Waals surface area contributed by atoms with Crippen molar-refractivity contribution in [2.75, 3.05) is 40.0 Å². The summed E-state index contributed by atoms with van der Waals surface area (Å²) >= 11 is 0. The SMILES string of the molecule is C1N2CN3CN1CN(C2)C3.C=C.C=C.C=C.C=C.C=C.[H-].[Na+]. The zero-order valence-electron chi connectivity index (χ0n) is 15.1. The van der Waals surface area contributed by atoms with Crippen LogP contribution in [-0.2, 0) is 0 Å². The van der Waals surface area contributed by atoms with Crippen molar-refractivity contribution >= 4 is 0 Å². The second kappa shape index (κ2) is 21.8. The van der Waals surface area contributed by atoms with E-state index in [9.17, 15) is 0 Å². The van der Waals surface area contributed by atoms with Crippen molar-refractivity contribution in [1.29, 1.82) is 0 Å². The second-order valence-electron chi connectivity index (χ2n) is 3.53. The van der Waals surface area contributed by atoms with Gasteiger partial charge < -0.3 is 1.43 Å². The van der Waals surface area contributed by atoms with E-state index in [0.29, 0.717) is 0 Å². The van der Waals surface area contributed by atoms with Gasteiger partial charge in [-0.15, -0.1) is 65.8 Å². The monoisotopic (exact) mass is 304 g/mol. The quantitative estimate of drug-likeness (QED) is 0.465. The van der Waals surface area contributed by atoms with Crippen LogP contribution in [0.2, 0.25) is 0 Å². The molecule has 4 nitrogen and oxygen atoms in total. The van der Waals surface area contributed by atoms with Crippen LogP contribution in [-0.4, -0.2) is 59.6 Å². The second-order valence-corrected chi connectivity index (χ2v) is 3.53. The molecule has 4 aliphatic rings. The summed E-state index contributed by atoms with van der Waals surface area (Å²) in [6.45, 7) is 37.1. The van der Waals surface area contributed by atoms with Crippen molar-refractivity contribution in [1.82, 2.24) is 19.6 Å². The average Bonchev–Trinajstić information content (AvgIpc) is 2.56. The first-order valence-electron chi connectivity index (χ1n) is 6.29. The van der Waals surface area contributed by atoms with Crippen LogP contribution < -0.4 is 29.6 Å². The van der Waals surface area contributed by atoms with Gasteiger partial charge >= 0.3 is 29.6 Å². The number of nitrogens with zero attached hydrogens (tertiary/aromatic N) is 4. The molecular weight excluding hydrogens is 271 g/mol. The van der Waals surface area contributed by atoms with Gasteiger partial charge in [0.15, 0.2) is 0 Å². The van der Waals surface area contributed by atoms with Crippen molar-refractivity contribution < 1.29 is 31.0 Å². The molecule has 0 aliphatic carbocycles. The predicted octanol–water partition coefficient (Wildman–Crippen LogP) is 0.108. The van der Waals surface area contributed by atoms with Crippen LogP contribution in [0.15, 0.2) is 65.8 Å². The third-order valence-electron chi connectivity index (χ3n) is 2.40. The van der Waals surface area contributed by atoms with Crippen molar-refractivity contribution in [3.63, 3.8) is 0 Å². The maximum Gasteiger partial charge on any atom is 1.00 e. The molecule has 21 heavy (non-hydrogen) atoms. The molecule has 0 atom stereocenters. The van der Waals surface area contributed by atoms with Crippen LogP contribution in [0.4, 0.5) is 0 Å². The summed E-state index contributed by atoms with van der Waals surface area (Å²) in [6, 6.07) is 0. The molecular formula is C16H33N4Na. The maximum atomic E-state index is 3.00. The minimum absolute atomic E-state index is 0. The Morgan fingerprint density at radius 3 is 0.571 bits per heavy atom. The van der Waals surface area contributed by atoms with Gasteiger partial charge in [-0.3, -0.25) is 19.6 Å². The molecule has 118 valence electrons. The minimum Gasteiger partial charge on any atom is -1.00 e. The Balaban J connectivity index is -0.0000000708. The van der Waals surface area contributed by atoms with Gasteiger partial charge in [-0.25, -0.2) is 0 Å². The summed E-state index contributed by atoms with van der Waals surface area (Å²) < 4.78 is 0. The van der Waals surface area contributed by atoms with Gasteiger partial charge in [0.25, 0.3) is 0 Å². The molecule has 4 fully saturated rings. The topological polar surface area (TPSA) is 13.0 Å². The molecule has 4 aliphatic heterocycles. The van der Waals surface area contributed by atoms with Crippen LogP contribution in [0.5, 0.6) is 0 Å². The van der Waals surface area contributed by atoms with E-state index in [1.807, 2.05) is 0 Å². The van der Waals surface area contributed by atoms with Crippen LogP contribution in [0, 0.1) is 0 Å². The first-order chi connectivity index (χ1) is 9.90. The van der Waals surface area contributed by atoms with Gasteiger partial charge in [0.1, 0.15) is 0 Å². The van der Waals surface area contributed by atoms with E-state index in [1.165, 1.54) is 40.0 Å². The van der Waals surface area contributed by atoms with Crippen LogP contribution >= 0.6 is 0 Å². The first kappa shape index (κ1) is 28.7. The molecule has 0 aromatic carbocycles. The molecule has 4 heterocycles. The zero-order valence-corrected chi connectivity index (χ0v) is 16.1. The van der Waals surface area contributed by atoms with E-state index in [4.69, 9.17) is 0 Å². The molecule has 0 saturated carbocycles. The zero-order chi connectivity index (χ0) is 16.6. The van der Waals surface area contributed by atoms with E-state index < -0.39 is 0 Å². The van der Waals surface area contributed by atoms with Crippen molar-refractivity contribution in [2.45, 2.75) is 0 Å². The number of rotatable bonds is 0. The van der Waals surface area contributed by atoms with Gasteiger partial charge in [-0.1, -0.05) is 0 Å². The minimum atomic E-state index is 0.